The molecule has 2 aliphatic carbocycles. The van der Waals surface area contributed by atoms with Gasteiger partial charge in [0, 0.05) is 0 Å². The first-order valence-corrected chi connectivity index (χ1v) is 11.1. The van der Waals surface area contributed by atoms with Gasteiger partial charge in [-0.3, -0.25) is 0 Å². The molecule has 0 radical (unpaired) electrons. The Morgan fingerprint density at radius 2 is 1.17 bits per heavy atom. The Bertz CT molecular complexity index is 464. The van der Waals surface area contributed by atoms with Crippen molar-refractivity contribution in [3.63, 3.8) is 0 Å². The van der Waals surface area contributed by atoms with Gasteiger partial charge < -0.3 is 9.41 Å². The third-order valence-electron chi connectivity index (χ3n) is 4.61. The molecule has 0 saturated carbocycles. The average molecular weight is 400 g/mol. The minimum atomic E-state index is -0.500. The predicted octanol–water partition coefficient (Wildman–Crippen LogP) is 0.666. The Labute approximate surface area is 152 Å². The van der Waals surface area contributed by atoms with Gasteiger partial charge in [0.2, 0.25) is 0 Å². The Morgan fingerprint density at radius 3 is 1.52 bits per heavy atom. The van der Waals surface area contributed by atoms with Crippen LogP contribution in [0.15, 0.2) is 41.0 Å². The number of hydrogen-bond acceptors (Lipinski definition) is 0. The number of hydrogen-bond donors (Lipinski definition) is 0. The van der Waals surface area contributed by atoms with Gasteiger partial charge in [0.15, 0.2) is 0 Å². The van der Waals surface area contributed by atoms with E-state index in [2.05, 4.69) is 39.8 Å². The van der Waals surface area contributed by atoms with Gasteiger partial charge in [-0.05, 0) is 0 Å². The van der Waals surface area contributed by atoms with E-state index in [0.29, 0.717) is 0 Å². The van der Waals surface area contributed by atoms with Gasteiger partial charge in [-0.15, -0.1) is 0 Å². The molecule has 0 saturated heterocycles. The summed E-state index contributed by atoms with van der Waals surface area (Å²) < 4.78 is 3.70. The predicted molar refractivity (Wildman–Crippen MR) is 89.9 cm³/mol. The number of allylic oxidation sites excluding steroid dienone is 8. The van der Waals surface area contributed by atoms with Crippen molar-refractivity contribution in [1.82, 2.24) is 0 Å². The summed E-state index contributed by atoms with van der Waals surface area (Å²) in [4.78, 5) is 0. The fraction of sp³-hybridized carbons (Fsp3) is 0.600. The zero-order valence-electron chi connectivity index (χ0n) is 15.1. The number of unbranched alkanes of at least 4 members (excludes halogenated alkanes) is 2. The Morgan fingerprint density at radius 1 is 0.783 bits per heavy atom. The molecule has 0 unspecified atom stereocenters. The molecular weight excluding hydrogens is 369 g/mol. The van der Waals surface area contributed by atoms with Crippen LogP contribution in [0, 0.1) is 0 Å². The van der Waals surface area contributed by atoms with Gasteiger partial charge in [0.25, 0.3) is 0 Å². The van der Waals surface area contributed by atoms with Crippen LogP contribution in [0.5, 0.6) is 0 Å². The Balaban J connectivity index is 0.00000242. The molecule has 2 aliphatic rings. The van der Waals surface area contributed by atoms with Crippen LogP contribution in [0.1, 0.15) is 79.1 Å². The molecule has 0 heterocycles. The zero-order chi connectivity index (χ0) is 15.2. The molecule has 0 aromatic heterocycles. The van der Waals surface area contributed by atoms with E-state index in [1.807, 2.05) is 6.56 Å². The molecule has 3 heteroatoms. The molecule has 0 fully saturated rings. The fourth-order valence-corrected chi connectivity index (χ4v) is 6.99. The summed E-state index contributed by atoms with van der Waals surface area (Å²) in [6.07, 6.45) is 15.7. The van der Waals surface area contributed by atoms with E-state index < -0.39 is 23.2 Å². The second-order valence-corrected chi connectivity index (χ2v) is 10.2. The van der Waals surface area contributed by atoms with Crippen molar-refractivity contribution in [2.45, 2.75) is 79.1 Å². The fourth-order valence-electron chi connectivity index (χ4n) is 3.22. The zero-order valence-corrected chi connectivity index (χ0v) is 17.5. The molecule has 0 amide bonds. The molecule has 0 bridgehead atoms. The number of halogens is 2. The van der Waals surface area contributed by atoms with Crippen LogP contribution in [0.4, 0.5) is 0 Å². The molecule has 0 aromatic rings. The van der Waals surface area contributed by atoms with Crippen molar-refractivity contribution >= 4 is 0 Å². The van der Waals surface area contributed by atoms with Crippen LogP contribution in [0.25, 0.3) is 0 Å². The summed E-state index contributed by atoms with van der Waals surface area (Å²) in [7, 11) is 0. The first-order chi connectivity index (χ1) is 10.1. The summed E-state index contributed by atoms with van der Waals surface area (Å²) in [6.45, 7) is 9.30. The van der Waals surface area contributed by atoms with E-state index in [1.54, 1.807) is 22.3 Å². The van der Waals surface area contributed by atoms with Gasteiger partial charge in [0.05, 0.1) is 0 Å². The van der Waals surface area contributed by atoms with E-state index in [-0.39, 0.29) is 9.41 Å². The third kappa shape index (κ3) is 6.61. The summed E-state index contributed by atoms with van der Waals surface area (Å²) in [6, 6.07) is 0. The maximum atomic E-state index is 2.50. The van der Waals surface area contributed by atoms with Crippen molar-refractivity contribution in [2.75, 3.05) is 0 Å². The largest absolute Gasteiger partial charge is 1.00 e. The van der Waals surface area contributed by atoms with Gasteiger partial charge in [-0.1, -0.05) is 0 Å². The molecular formula is C20H30F2Zr. The first-order valence-electron chi connectivity index (χ1n) is 8.69. The molecule has 23 heavy (non-hydrogen) atoms. The minimum Gasteiger partial charge on any atom is -1.00 e. The number of rotatable bonds is 8. The summed E-state index contributed by atoms with van der Waals surface area (Å²) >= 11 is -0.500. The monoisotopic (exact) mass is 398 g/mol. The van der Waals surface area contributed by atoms with Crippen LogP contribution in [-0.2, 0) is 23.2 Å². The quantitative estimate of drug-likeness (QED) is 0.563. The molecule has 2 rings (SSSR count). The second kappa shape index (κ2) is 11.3. The summed E-state index contributed by atoms with van der Waals surface area (Å²) in [5, 5.41) is 0. The van der Waals surface area contributed by atoms with Crippen molar-refractivity contribution in [3.8, 4) is 0 Å². The van der Waals surface area contributed by atoms with Gasteiger partial charge in [-0.25, -0.2) is 0 Å². The van der Waals surface area contributed by atoms with Crippen LogP contribution >= 0.6 is 0 Å². The molecule has 0 aromatic carbocycles. The Hall–Kier alpha value is -0.297. The minimum absolute atomic E-state index is 0. The normalized spacial score (nSPS) is 16.7. The van der Waals surface area contributed by atoms with E-state index in [9.17, 15) is 0 Å². The standard InChI is InChI=1S/2C10H15.2FH.Zr/c2*1-3-4-5-10-7-6-9(2)8-10;;;/h2*8H,3-5,7H2,1-2H3;2*1H;/q;;;;+2/p-2. The van der Waals surface area contributed by atoms with E-state index in [1.165, 1.54) is 51.4 Å². The van der Waals surface area contributed by atoms with E-state index >= 15 is 0 Å². The summed E-state index contributed by atoms with van der Waals surface area (Å²) in [5.41, 5.74) is 6.66. The third-order valence-corrected chi connectivity index (χ3v) is 8.90. The van der Waals surface area contributed by atoms with Crippen LogP contribution in [0.2, 0.25) is 0 Å². The Kier molecular flexibility index (Phi) is 11.1. The van der Waals surface area contributed by atoms with Crippen LogP contribution < -0.4 is 9.41 Å². The first kappa shape index (κ1) is 22.7. The topological polar surface area (TPSA) is 0 Å². The SMILES string of the molecule is CCCCC1=CC(C)=[C]([Zr+2][C]2=C(C)C=C(CCCC)C2)C1.[F-].[F-]. The molecule has 128 valence electrons. The van der Waals surface area contributed by atoms with Crippen molar-refractivity contribution in [3.05, 3.63) is 41.0 Å². The summed E-state index contributed by atoms with van der Waals surface area (Å²) in [5.74, 6) is 0. The molecule has 0 spiro atoms. The molecule has 0 nitrogen and oxygen atoms in total. The molecule has 0 N–H and O–H groups in total. The molecule has 0 aliphatic heterocycles. The maximum absolute atomic E-state index is 2.50. The van der Waals surface area contributed by atoms with Crippen molar-refractivity contribution in [2.24, 2.45) is 0 Å². The van der Waals surface area contributed by atoms with Crippen LogP contribution in [-0.4, -0.2) is 0 Å². The average Bonchev–Trinajstić information content (AvgIpc) is 2.98. The second-order valence-electron chi connectivity index (χ2n) is 6.61. The van der Waals surface area contributed by atoms with Crippen LogP contribution in [0.3, 0.4) is 0 Å². The van der Waals surface area contributed by atoms with Gasteiger partial charge in [0.1, 0.15) is 0 Å². The van der Waals surface area contributed by atoms with Crippen molar-refractivity contribution < 1.29 is 32.6 Å². The van der Waals surface area contributed by atoms with E-state index in [4.69, 9.17) is 0 Å². The van der Waals surface area contributed by atoms with Crippen molar-refractivity contribution in [1.29, 1.82) is 0 Å². The van der Waals surface area contributed by atoms with Gasteiger partial charge in [-0.2, -0.15) is 0 Å². The molecule has 0 atom stereocenters. The van der Waals surface area contributed by atoms with Gasteiger partial charge >= 0.3 is 143 Å². The maximum Gasteiger partial charge on any atom is -1.00 e. The smallest absolute Gasteiger partial charge is 1.00 e. The van der Waals surface area contributed by atoms with E-state index in [0.717, 1.165) is 0 Å².